The molecular weight excluding hydrogens is 597 g/mol. The second kappa shape index (κ2) is 14.6. The van der Waals surface area contributed by atoms with Crippen molar-refractivity contribution in [1.29, 1.82) is 0 Å². The number of anilines is 2. The molecule has 1 unspecified atom stereocenters. The van der Waals surface area contributed by atoms with Crippen molar-refractivity contribution in [3.63, 3.8) is 0 Å². The van der Waals surface area contributed by atoms with E-state index >= 15 is 4.39 Å². The number of carboxylic acid groups (broad SMARTS) is 3. The number of terminal acetylenes is 1. The third-order valence-electron chi connectivity index (χ3n) is 6.88. The molecule has 2 heterocycles. The Hall–Kier alpha value is -5.76. The van der Waals surface area contributed by atoms with Crippen LogP contribution in [0.5, 0.6) is 0 Å². The number of rotatable bonds is 16. The number of aromatic amines is 2. The number of H-pyrrole nitrogens is 2. The van der Waals surface area contributed by atoms with Gasteiger partial charge < -0.3 is 42.0 Å². The van der Waals surface area contributed by atoms with Gasteiger partial charge in [-0.2, -0.15) is 4.98 Å². The number of carboxylic acids is 3. The smallest absolute Gasteiger partial charge is 0.320 e. The van der Waals surface area contributed by atoms with Crippen LogP contribution in [0.2, 0.25) is 0 Å². The third kappa shape index (κ3) is 8.42. The van der Waals surface area contributed by atoms with Gasteiger partial charge in [0.1, 0.15) is 23.4 Å². The summed E-state index contributed by atoms with van der Waals surface area (Å²) in [4.78, 5) is 83.3. The average Bonchev–Trinajstić information content (AvgIpc) is 3.38. The van der Waals surface area contributed by atoms with Crippen LogP contribution in [0.25, 0.3) is 11.0 Å². The standard InChI is InChI=1S/C28H30FN7O9/c1-2-8-36(9-7-13-12-32-23-21(13)25(41)35-28(31)34-23)14-3-4-15(17(29)10-14)24(40)33-19(5-6-20(37)38)22(39)16(26(42)43)11-18(30)27(44)45/h1,3-4,10,12,16,18-19H,5-9,11,30H2,(H,33,40)(H,37,38)(H,42,43)(H,44,45)(H4,31,32,34,35,41)/t16?,18-,19-/m0/s1. The van der Waals surface area contributed by atoms with Gasteiger partial charge in [0.25, 0.3) is 11.5 Å². The Balaban J connectivity index is 1.81. The number of Topliss-reactive ketones (excluding diaryl/α,β-unsaturated/α-hetero) is 1. The number of hydrogen-bond acceptors (Lipinski definition) is 10. The zero-order valence-corrected chi connectivity index (χ0v) is 23.6. The zero-order valence-electron chi connectivity index (χ0n) is 23.6. The summed E-state index contributed by atoms with van der Waals surface area (Å²) in [6, 6.07) is 0.0436. The predicted octanol–water partition coefficient (Wildman–Crippen LogP) is -0.310. The van der Waals surface area contributed by atoms with Crippen molar-refractivity contribution in [3.8, 4) is 12.3 Å². The SMILES string of the molecule is C#CCN(CCc1c[nH]c2nc(N)[nH]c(=O)c12)c1ccc(C(=O)N[C@@H](CCC(=O)O)C(=O)C(C[C@H](N)C(=O)O)C(=O)O)c(F)c1. The van der Waals surface area contributed by atoms with Gasteiger partial charge >= 0.3 is 17.9 Å². The molecule has 3 atom stereocenters. The van der Waals surface area contributed by atoms with Gasteiger partial charge in [0.15, 0.2) is 5.78 Å². The first kappa shape index (κ1) is 33.7. The number of aliphatic carboxylic acids is 3. The van der Waals surface area contributed by atoms with Gasteiger partial charge in [0.2, 0.25) is 5.95 Å². The summed E-state index contributed by atoms with van der Waals surface area (Å²) in [5.74, 6) is -7.64. The number of amides is 1. The van der Waals surface area contributed by atoms with Crippen molar-refractivity contribution in [1.82, 2.24) is 20.3 Å². The lowest BCUT2D eigenvalue weighted by molar-refractivity contribution is -0.148. The first-order chi connectivity index (χ1) is 21.2. The number of aromatic nitrogens is 3. The zero-order chi connectivity index (χ0) is 33.4. The van der Waals surface area contributed by atoms with Crippen molar-refractivity contribution in [2.75, 3.05) is 23.7 Å². The predicted molar refractivity (Wildman–Crippen MR) is 157 cm³/mol. The minimum absolute atomic E-state index is 0.0235. The highest BCUT2D eigenvalue weighted by atomic mass is 19.1. The maximum Gasteiger partial charge on any atom is 0.320 e. The molecule has 0 aliphatic carbocycles. The first-order valence-corrected chi connectivity index (χ1v) is 13.3. The van der Waals surface area contributed by atoms with E-state index in [-0.39, 0.29) is 36.8 Å². The molecule has 0 fully saturated rings. The van der Waals surface area contributed by atoms with Gasteiger partial charge in [-0.05, 0) is 43.0 Å². The van der Waals surface area contributed by atoms with Gasteiger partial charge in [0, 0.05) is 24.8 Å². The van der Waals surface area contributed by atoms with E-state index in [9.17, 15) is 33.9 Å². The summed E-state index contributed by atoms with van der Waals surface area (Å²) < 4.78 is 15.3. The van der Waals surface area contributed by atoms with Gasteiger partial charge in [-0.15, -0.1) is 6.42 Å². The van der Waals surface area contributed by atoms with Crippen LogP contribution < -0.4 is 27.2 Å². The number of nitrogens with one attached hydrogen (secondary N) is 3. The van der Waals surface area contributed by atoms with Crippen molar-refractivity contribution < 1.29 is 43.7 Å². The molecule has 10 N–H and O–H groups in total. The van der Waals surface area contributed by atoms with Gasteiger partial charge in [-0.25, -0.2) is 4.39 Å². The molecule has 16 nitrogen and oxygen atoms in total. The number of nitrogen functional groups attached to an aromatic ring is 1. The summed E-state index contributed by atoms with van der Waals surface area (Å²) >= 11 is 0. The topological polar surface area (TPSA) is 275 Å². The van der Waals surface area contributed by atoms with E-state index in [0.717, 1.165) is 12.1 Å². The maximum atomic E-state index is 15.3. The number of benzene rings is 1. The normalized spacial score (nSPS) is 12.9. The molecule has 45 heavy (non-hydrogen) atoms. The highest BCUT2D eigenvalue weighted by Gasteiger charge is 2.36. The van der Waals surface area contributed by atoms with Crippen molar-refractivity contribution in [2.24, 2.45) is 11.7 Å². The molecule has 0 radical (unpaired) electrons. The summed E-state index contributed by atoms with van der Waals surface area (Å²) in [6.07, 6.45) is 5.32. The Morgan fingerprint density at radius 1 is 1.16 bits per heavy atom. The van der Waals surface area contributed by atoms with Crippen LogP contribution in [-0.2, 0) is 25.6 Å². The summed E-state index contributed by atoms with van der Waals surface area (Å²) in [5.41, 5.74) is 11.1. The molecule has 238 valence electrons. The molecule has 0 bridgehead atoms. The molecule has 0 aliphatic heterocycles. The van der Waals surface area contributed by atoms with E-state index in [1.54, 1.807) is 11.1 Å². The molecule has 0 saturated heterocycles. The van der Waals surface area contributed by atoms with E-state index in [2.05, 4.69) is 26.2 Å². The van der Waals surface area contributed by atoms with E-state index < -0.39 is 83.8 Å². The molecule has 3 aromatic rings. The Labute approximate surface area is 253 Å². The molecular formula is C28H30FN7O9. The largest absolute Gasteiger partial charge is 0.481 e. The number of ketones is 1. The van der Waals surface area contributed by atoms with Crippen LogP contribution in [0.1, 0.15) is 35.2 Å². The van der Waals surface area contributed by atoms with Gasteiger partial charge in [0.05, 0.1) is 23.5 Å². The van der Waals surface area contributed by atoms with E-state index in [1.165, 1.54) is 6.07 Å². The molecule has 0 aliphatic rings. The second-order valence-corrected chi connectivity index (χ2v) is 9.96. The number of carbonyl (C=O) groups is 5. The Morgan fingerprint density at radius 2 is 1.87 bits per heavy atom. The lowest BCUT2D eigenvalue weighted by Gasteiger charge is -2.24. The average molecular weight is 628 g/mol. The van der Waals surface area contributed by atoms with Gasteiger partial charge in [-0.1, -0.05) is 5.92 Å². The van der Waals surface area contributed by atoms with Crippen molar-refractivity contribution in [2.45, 2.75) is 37.8 Å². The molecule has 0 saturated carbocycles. The molecule has 0 spiro atoms. The second-order valence-electron chi connectivity index (χ2n) is 9.96. The van der Waals surface area contributed by atoms with Crippen LogP contribution in [0.15, 0.2) is 29.2 Å². The minimum Gasteiger partial charge on any atom is -0.481 e. The van der Waals surface area contributed by atoms with E-state index in [4.69, 9.17) is 28.1 Å². The van der Waals surface area contributed by atoms with Crippen LogP contribution >= 0.6 is 0 Å². The van der Waals surface area contributed by atoms with Crippen molar-refractivity contribution >= 4 is 52.3 Å². The van der Waals surface area contributed by atoms with E-state index in [0.29, 0.717) is 10.9 Å². The summed E-state index contributed by atoms with van der Waals surface area (Å²) in [7, 11) is 0. The third-order valence-corrected chi connectivity index (χ3v) is 6.88. The number of carbonyl (C=O) groups excluding carboxylic acids is 2. The quantitative estimate of drug-likeness (QED) is 0.0748. The highest BCUT2D eigenvalue weighted by molar-refractivity contribution is 6.05. The van der Waals surface area contributed by atoms with Crippen LogP contribution in [0.4, 0.5) is 16.0 Å². The first-order valence-electron chi connectivity index (χ1n) is 13.3. The Bertz CT molecular complexity index is 1730. The fourth-order valence-corrected chi connectivity index (χ4v) is 4.59. The molecule has 17 heteroatoms. The van der Waals surface area contributed by atoms with Crippen LogP contribution in [0.3, 0.4) is 0 Å². The fourth-order valence-electron chi connectivity index (χ4n) is 4.59. The van der Waals surface area contributed by atoms with Crippen LogP contribution in [-0.4, -0.2) is 85.0 Å². The molecule has 1 amide bonds. The Morgan fingerprint density at radius 3 is 2.47 bits per heavy atom. The maximum absolute atomic E-state index is 15.3. The lowest BCUT2D eigenvalue weighted by atomic mass is 9.89. The number of hydrogen-bond donors (Lipinski definition) is 8. The summed E-state index contributed by atoms with van der Waals surface area (Å²) in [6.45, 7) is 0.239. The van der Waals surface area contributed by atoms with Crippen molar-refractivity contribution in [3.05, 3.63) is 51.7 Å². The van der Waals surface area contributed by atoms with Crippen LogP contribution in [0, 0.1) is 24.1 Å². The fraction of sp³-hybridized carbons (Fsp3) is 0.321. The lowest BCUT2D eigenvalue weighted by Crippen LogP contribution is -2.47. The highest BCUT2D eigenvalue weighted by Crippen LogP contribution is 2.22. The monoisotopic (exact) mass is 627 g/mol. The number of nitrogens with zero attached hydrogens (tertiary/aromatic N) is 2. The van der Waals surface area contributed by atoms with E-state index in [1.807, 2.05) is 0 Å². The molecule has 3 rings (SSSR count). The minimum atomic E-state index is -1.99. The summed E-state index contributed by atoms with van der Waals surface area (Å²) in [5, 5.41) is 30.1. The number of fused-ring (bicyclic) bond motifs is 1. The molecule has 1 aromatic carbocycles. The molecule has 2 aromatic heterocycles. The number of halogens is 1. The Kier molecular flexibility index (Phi) is 11.0. The van der Waals surface area contributed by atoms with Gasteiger partial charge in [-0.3, -0.25) is 33.8 Å². The number of nitrogens with two attached hydrogens (primary N) is 2.